The lowest BCUT2D eigenvalue weighted by atomic mass is 10.2. The van der Waals surface area contributed by atoms with E-state index in [-0.39, 0.29) is 16.4 Å². The molecule has 0 saturated carbocycles. The third kappa shape index (κ3) is 4.82. The van der Waals surface area contributed by atoms with E-state index in [1.807, 2.05) is 18.0 Å². The largest absolute Gasteiger partial charge is 0.301 e. The molecule has 2 aromatic rings. The van der Waals surface area contributed by atoms with Gasteiger partial charge < -0.3 is 4.90 Å². The van der Waals surface area contributed by atoms with Crippen molar-refractivity contribution in [3.8, 4) is 0 Å². The standard InChI is InChI=1S/C16H17FN2O2S/c1-18(10-11-22-15-8-6-14(17)7-9-15)12-13-4-2-3-5-16(13)19(20)21/h2-9H,10-12H2,1H3. The SMILES string of the molecule is CN(CCSc1ccc(F)cc1)Cc1ccccc1[N+](=O)[O-]. The van der Waals surface area contributed by atoms with E-state index in [2.05, 4.69) is 0 Å². The maximum absolute atomic E-state index is 12.8. The van der Waals surface area contributed by atoms with Crippen LogP contribution in [0.3, 0.4) is 0 Å². The molecule has 0 aliphatic carbocycles. The van der Waals surface area contributed by atoms with E-state index in [4.69, 9.17) is 0 Å². The Kier molecular flexibility index (Phi) is 5.91. The zero-order valence-electron chi connectivity index (χ0n) is 12.2. The van der Waals surface area contributed by atoms with Crippen LogP contribution >= 0.6 is 11.8 Å². The monoisotopic (exact) mass is 320 g/mol. The van der Waals surface area contributed by atoms with Crippen LogP contribution < -0.4 is 0 Å². The number of nitro benzene ring substituents is 1. The van der Waals surface area contributed by atoms with E-state index in [9.17, 15) is 14.5 Å². The molecule has 0 unspecified atom stereocenters. The van der Waals surface area contributed by atoms with Crippen molar-refractivity contribution in [2.24, 2.45) is 0 Å². The molecule has 0 radical (unpaired) electrons. The summed E-state index contributed by atoms with van der Waals surface area (Å²) < 4.78 is 12.8. The van der Waals surface area contributed by atoms with Gasteiger partial charge in [0, 0.05) is 35.4 Å². The van der Waals surface area contributed by atoms with Crippen LogP contribution in [0.2, 0.25) is 0 Å². The van der Waals surface area contributed by atoms with Crippen molar-refractivity contribution in [2.75, 3.05) is 19.3 Å². The van der Waals surface area contributed by atoms with Crippen molar-refractivity contribution in [1.29, 1.82) is 0 Å². The van der Waals surface area contributed by atoms with Gasteiger partial charge >= 0.3 is 0 Å². The minimum Gasteiger partial charge on any atom is -0.301 e. The topological polar surface area (TPSA) is 46.4 Å². The third-order valence-electron chi connectivity index (χ3n) is 3.18. The molecule has 0 amide bonds. The molecule has 2 rings (SSSR count). The average molecular weight is 320 g/mol. The van der Waals surface area contributed by atoms with Crippen molar-refractivity contribution < 1.29 is 9.31 Å². The molecule has 4 nitrogen and oxygen atoms in total. The minimum atomic E-state index is -0.351. The number of hydrogen-bond donors (Lipinski definition) is 0. The molecule has 22 heavy (non-hydrogen) atoms. The summed E-state index contributed by atoms with van der Waals surface area (Å²) >= 11 is 1.64. The molecule has 6 heteroatoms. The normalized spacial score (nSPS) is 10.9. The molecule has 116 valence electrons. The number of nitrogens with zero attached hydrogens (tertiary/aromatic N) is 2. The maximum Gasteiger partial charge on any atom is 0.273 e. The Morgan fingerprint density at radius 3 is 2.55 bits per heavy atom. The van der Waals surface area contributed by atoms with Crippen molar-refractivity contribution in [2.45, 2.75) is 11.4 Å². The molecular weight excluding hydrogens is 303 g/mol. The molecule has 0 aromatic heterocycles. The summed E-state index contributed by atoms with van der Waals surface area (Å²) in [6.45, 7) is 1.31. The second kappa shape index (κ2) is 7.91. The summed E-state index contributed by atoms with van der Waals surface area (Å²) in [5.41, 5.74) is 0.863. The van der Waals surface area contributed by atoms with Gasteiger partial charge in [-0.05, 0) is 31.3 Å². The number of nitro groups is 1. The van der Waals surface area contributed by atoms with Gasteiger partial charge in [0.2, 0.25) is 0 Å². The van der Waals surface area contributed by atoms with Gasteiger partial charge in [0.25, 0.3) is 5.69 Å². The molecule has 0 heterocycles. The number of hydrogen-bond acceptors (Lipinski definition) is 4. The first-order valence-electron chi connectivity index (χ1n) is 6.85. The first kappa shape index (κ1) is 16.5. The second-order valence-corrected chi connectivity index (χ2v) is 6.09. The molecule has 0 N–H and O–H groups in total. The van der Waals surface area contributed by atoms with E-state index in [0.29, 0.717) is 12.1 Å². The Morgan fingerprint density at radius 1 is 1.18 bits per heavy atom. The fourth-order valence-corrected chi connectivity index (χ4v) is 3.01. The Balaban J connectivity index is 1.84. The number of thioether (sulfide) groups is 1. The van der Waals surface area contributed by atoms with Crippen molar-refractivity contribution in [1.82, 2.24) is 4.90 Å². The van der Waals surface area contributed by atoms with E-state index in [1.54, 1.807) is 36.0 Å². The van der Waals surface area contributed by atoms with E-state index >= 15 is 0 Å². The van der Waals surface area contributed by atoms with E-state index < -0.39 is 0 Å². The number of para-hydroxylation sites is 1. The van der Waals surface area contributed by atoms with Gasteiger partial charge in [0.15, 0.2) is 0 Å². The Bertz CT molecular complexity index is 634. The van der Waals surface area contributed by atoms with E-state index in [1.165, 1.54) is 18.2 Å². The summed E-state index contributed by atoms with van der Waals surface area (Å²) in [4.78, 5) is 13.7. The molecular formula is C16H17FN2O2S. The fourth-order valence-electron chi connectivity index (χ4n) is 2.04. The van der Waals surface area contributed by atoms with Crippen LogP contribution in [0.4, 0.5) is 10.1 Å². The zero-order chi connectivity index (χ0) is 15.9. The molecule has 0 bridgehead atoms. The van der Waals surface area contributed by atoms with Crippen LogP contribution in [-0.4, -0.2) is 29.2 Å². The lowest BCUT2D eigenvalue weighted by molar-refractivity contribution is -0.385. The van der Waals surface area contributed by atoms with Gasteiger partial charge in [-0.3, -0.25) is 10.1 Å². The van der Waals surface area contributed by atoms with Crippen molar-refractivity contribution in [3.05, 3.63) is 70.0 Å². The van der Waals surface area contributed by atoms with Gasteiger partial charge in [-0.25, -0.2) is 4.39 Å². The predicted molar refractivity (Wildman–Crippen MR) is 86.6 cm³/mol. The highest BCUT2D eigenvalue weighted by Crippen LogP contribution is 2.21. The molecule has 0 fully saturated rings. The van der Waals surface area contributed by atoms with Crippen LogP contribution in [0.25, 0.3) is 0 Å². The highest BCUT2D eigenvalue weighted by molar-refractivity contribution is 7.99. The smallest absolute Gasteiger partial charge is 0.273 e. The maximum atomic E-state index is 12.8. The molecule has 0 spiro atoms. The minimum absolute atomic E-state index is 0.153. The summed E-state index contributed by atoms with van der Waals surface area (Å²) in [5.74, 6) is 0.598. The number of halogens is 1. The van der Waals surface area contributed by atoms with Crippen LogP contribution in [0.15, 0.2) is 53.4 Å². The molecule has 0 saturated heterocycles. The number of benzene rings is 2. The highest BCUT2D eigenvalue weighted by Gasteiger charge is 2.13. The molecule has 0 atom stereocenters. The van der Waals surface area contributed by atoms with Crippen LogP contribution in [-0.2, 0) is 6.54 Å². The Hall–Kier alpha value is -1.92. The van der Waals surface area contributed by atoms with Crippen LogP contribution in [0.1, 0.15) is 5.56 Å². The highest BCUT2D eigenvalue weighted by atomic mass is 32.2. The first-order valence-corrected chi connectivity index (χ1v) is 7.84. The summed E-state index contributed by atoms with van der Waals surface area (Å²) in [5, 5.41) is 11.0. The summed E-state index contributed by atoms with van der Waals surface area (Å²) in [7, 11) is 1.93. The third-order valence-corrected chi connectivity index (χ3v) is 4.18. The van der Waals surface area contributed by atoms with Crippen LogP contribution in [0.5, 0.6) is 0 Å². The van der Waals surface area contributed by atoms with Gasteiger partial charge in [0.05, 0.1) is 4.92 Å². The molecule has 0 aliphatic rings. The summed E-state index contributed by atoms with van der Waals surface area (Å²) in [6, 6.07) is 13.2. The fraction of sp³-hybridized carbons (Fsp3) is 0.250. The molecule has 0 aliphatic heterocycles. The first-order chi connectivity index (χ1) is 10.6. The lowest BCUT2D eigenvalue weighted by Gasteiger charge is -2.16. The quantitative estimate of drug-likeness (QED) is 0.440. The van der Waals surface area contributed by atoms with Crippen LogP contribution in [0, 0.1) is 15.9 Å². The number of rotatable bonds is 7. The summed E-state index contributed by atoms with van der Waals surface area (Å²) in [6.07, 6.45) is 0. The second-order valence-electron chi connectivity index (χ2n) is 4.93. The van der Waals surface area contributed by atoms with Gasteiger partial charge in [-0.2, -0.15) is 0 Å². The predicted octanol–water partition coefficient (Wildman–Crippen LogP) is 3.96. The van der Waals surface area contributed by atoms with Gasteiger partial charge in [-0.1, -0.05) is 18.2 Å². The lowest BCUT2D eigenvalue weighted by Crippen LogP contribution is -2.21. The molecule has 2 aromatic carbocycles. The van der Waals surface area contributed by atoms with Gasteiger partial charge in [-0.15, -0.1) is 11.8 Å². The van der Waals surface area contributed by atoms with Crippen molar-refractivity contribution >= 4 is 17.4 Å². The average Bonchev–Trinajstić information content (AvgIpc) is 2.49. The van der Waals surface area contributed by atoms with Gasteiger partial charge in [0.1, 0.15) is 5.82 Å². The van der Waals surface area contributed by atoms with Crippen molar-refractivity contribution in [3.63, 3.8) is 0 Å². The Morgan fingerprint density at radius 2 is 1.86 bits per heavy atom. The van der Waals surface area contributed by atoms with E-state index in [0.717, 1.165) is 17.2 Å². The Labute approximate surface area is 133 Å². The zero-order valence-corrected chi connectivity index (χ0v) is 13.1.